The first-order valence-electron chi connectivity index (χ1n) is 10.1. The fraction of sp³-hybridized carbons (Fsp3) is 0.545. The molecular weight excluding hydrogens is 370 g/mol. The van der Waals surface area contributed by atoms with E-state index in [0.29, 0.717) is 32.6 Å². The molecule has 0 aliphatic carbocycles. The van der Waals surface area contributed by atoms with Gasteiger partial charge in [0.25, 0.3) is 0 Å². The Morgan fingerprint density at radius 3 is 2.76 bits per heavy atom. The van der Waals surface area contributed by atoms with E-state index in [9.17, 15) is 4.79 Å². The van der Waals surface area contributed by atoms with Gasteiger partial charge in [0.1, 0.15) is 11.5 Å². The van der Waals surface area contributed by atoms with Crippen LogP contribution >= 0.6 is 0 Å². The van der Waals surface area contributed by atoms with Gasteiger partial charge in [0.2, 0.25) is 5.91 Å². The van der Waals surface area contributed by atoms with Gasteiger partial charge >= 0.3 is 0 Å². The van der Waals surface area contributed by atoms with Crippen LogP contribution in [0.4, 0.5) is 0 Å². The number of aryl methyl sites for hydroxylation is 1. The van der Waals surface area contributed by atoms with E-state index < -0.39 is 5.41 Å². The first-order chi connectivity index (χ1) is 14.0. The van der Waals surface area contributed by atoms with Gasteiger partial charge in [-0.25, -0.2) is 0 Å². The molecule has 2 atom stereocenters. The van der Waals surface area contributed by atoms with E-state index >= 15 is 0 Å². The van der Waals surface area contributed by atoms with Gasteiger partial charge in [-0.3, -0.25) is 4.79 Å². The summed E-state index contributed by atoms with van der Waals surface area (Å²) in [5, 5.41) is 7.27. The van der Waals surface area contributed by atoms with Crippen LogP contribution in [0, 0.1) is 18.3 Å². The van der Waals surface area contributed by atoms with Crippen LogP contribution < -0.4 is 10.1 Å². The van der Waals surface area contributed by atoms with Crippen molar-refractivity contribution in [2.45, 2.75) is 25.9 Å². The lowest BCUT2D eigenvalue weighted by Gasteiger charge is -2.43. The number of carbonyl (C=O) groups excluding carboxylic acids is 1. The van der Waals surface area contributed by atoms with Crippen LogP contribution in [0.2, 0.25) is 0 Å². The summed E-state index contributed by atoms with van der Waals surface area (Å²) >= 11 is 0. The number of hydrogen-bond acceptors (Lipinski definition) is 6. The molecule has 7 heteroatoms. The van der Waals surface area contributed by atoms with E-state index in [-0.39, 0.29) is 17.9 Å². The Morgan fingerprint density at radius 1 is 1.31 bits per heavy atom. The van der Waals surface area contributed by atoms with Gasteiger partial charge in [0, 0.05) is 51.7 Å². The van der Waals surface area contributed by atoms with Crippen molar-refractivity contribution < 1.29 is 18.8 Å². The number of ether oxygens (including phenoxy) is 2. The molecule has 29 heavy (non-hydrogen) atoms. The van der Waals surface area contributed by atoms with Crippen molar-refractivity contribution in [1.82, 2.24) is 15.4 Å². The third-order valence-corrected chi connectivity index (χ3v) is 6.17. The van der Waals surface area contributed by atoms with Gasteiger partial charge in [-0.15, -0.1) is 0 Å². The first-order valence-corrected chi connectivity index (χ1v) is 10.1. The summed E-state index contributed by atoms with van der Waals surface area (Å²) in [6.45, 7) is 4.60. The molecular formula is C22H29N3O4. The van der Waals surface area contributed by atoms with Gasteiger partial charge in [-0.05, 0) is 31.0 Å². The molecule has 0 saturated carbocycles. The fourth-order valence-corrected chi connectivity index (χ4v) is 4.53. The van der Waals surface area contributed by atoms with Gasteiger partial charge < -0.3 is 24.2 Å². The largest absolute Gasteiger partial charge is 0.497 e. The van der Waals surface area contributed by atoms with Gasteiger partial charge in [-0.1, -0.05) is 17.3 Å². The average Bonchev–Trinajstić information content (AvgIpc) is 3.30. The minimum Gasteiger partial charge on any atom is -0.497 e. The predicted molar refractivity (Wildman–Crippen MR) is 108 cm³/mol. The van der Waals surface area contributed by atoms with Crippen molar-refractivity contribution in [3.63, 3.8) is 0 Å². The Labute approximate surface area is 171 Å². The summed E-state index contributed by atoms with van der Waals surface area (Å²) < 4.78 is 16.4. The van der Waals surface area contributed by atoms with Gasteiger partial charge in [0.05, 0.1) is 24.3 Å². The standard InChI is InChI=1S/C22H29N3O4/c1-15-7-19(29-24-15)9-17-11-25(12-20(17)28-3)21(26)22(13-23-14-22)10-16-5-4-6-18(8-16)27-2/h4-8,17,20,23H,9-14H2,1-3H3/t17-,20-/m1/s1. The molecule has 4 rings (SSSR count). The maximum absolute atomic E-state index is 13.5. The second-order valence-corrected chi connectivity index (χ2v) is 8.30. The van der Waals surface area contributed by atoms with Crippen LogP contribution in [-0.2, 0) is 22.4 Å². The number of methoxy groups -OCH3 is 2. The number of likely N-dealkylation sites (tertiary alicyclic amines) is 1. The zero-order chi connectivity index (χ0) is 20.4. The minimum atomic E-state index is -0.400. The number of benzene rings is 1. The number of rotatable bonds is 7. The fourth-order valence-electron chi connectivity index (χ4n) is 4.53. The lowest BCUT2D eigenvalue weighted by molar-refractivity contribution is -0.144. The van der Waals surface area contributed by atoms with Crippen molar-refractivity contribution in [2.75, 3.05) is 40.4 Å². The molecule has 2 aliphatic rings. The second kappa shape index (κ2) is 8.16. The molecule has 1 aromatic heterocycles. The highest BCUT2D eigenvalue weighted by atomic mass is 16.5. The molecule has 0 unspecified atom stereocenters. The molecule has 0 bridgehead atoms. The maximum Gasteiger partial charge on any atom is 0.231 e. The highest BCUT2D eigenvalue weighted by Gasteiger charge is 2.49. The number of hydrogen-bond donors (Lipinski definition) is 1. The number of carbonyl (C=O) groups is 1. The summed E-state index contributed by atoms with van der Waals surface area (Å²) in [7, 11) is 3.38. The Morgan fingerprint density at radius 2 is 2.14 bits per heavy atom. The van der Waals surface area contributed by atoms with Gasteiger partial charge in [-0.2, -0.15) is 0 Å². The SMILES string of the molecule is COc1cccc(CC2(C(=O)N3C[C@@H](Cc4cc(C)no4)[C@H](OC)C3)CNC2)c1. The number of nitrogens with one attached hydrogen (secondary N) is 1. The van der Waals surface area contributed by atoms with E-state index in [1.807, 2.05) is 36.1 Å². The van der Waals surface area contributed by atoms with Crippen molar-refractivity contribution in [3.8, 4) is 5.75 Å². The van der Waals surface area contributed by atoms with Crippen LogP contribution in [0.3, 0.4) is 0 Å². The third-order valence-electron chi connectivity index (χ3n) is 6.17. The van der Waals surface area contributed by atoms with Crippen LogP contribution in [0.5, 0.6) is 5.75 Å². The van der Waals surface area contributed by atoms with E-state index in [1.54, 1.807) is 14.2 Å². The van der Waals surface area contributed by atoms with Crippen LogP contribution in [0.15, 0.2) is 34.9 Å². The van der Waals surface area contributed by atoms with E-state index in [1.165, 1.54) is 0 Å². The van der Waals surface area contributed by atoms with Gasteiger partial charge in [0.15, 0.2) is 0 Å². The lowest BCUT2D eigenvalue weighted by Crippen LogP contribution is -2.63. The Kier molecular flexibility index (Phi) is 5.61. The van der Waals surface area contributed by atoms with Crippen molar-refractivity contribution in [2.24, 2.45) is 11.3 Å². The molecule has 2 saturated heterocycles. The second-order valence-electron chi connectivity index (χ2n) is 8.30. The molecule has 1 aromatic carbocycles. The van der Waals surface area contributed by atoms with Crippen LogP contribution in [0.25, 0.3) is 0 Å². The Hall–Kier alpha value is -2.38. The molecule has 1 N–H and O–H groups in total. The first kappa shape index (κ1) is 19.9. The molecule has 1 amide bonds. The summed E-state index contributed by atoms with van der Waals surface area (Å²) in [6.07, 6.45) is 1.44. The summed E-state index contributed by atoms with van der Waals surface area (Å²) in [5.74, 6) is 2.08. The van der Waals surface area contributed by atoms with Crippen molar-refractivity contribution in [3.05, 3.63) is 47.3 Å². The highest BCUT2D eigenvalue weighted by Crippen LogP contribution is 2.34. The normalized spacial score (nSPS) is 23.1. The average molecular weight is 399 g/mol. The van der Waals surface area contributed by atoms with E-state index in [0.717, 1.165) is 29.2 Å². The molecule has 2 aromatic rings. The Balaban J connectivity index is 1.47. The Bertz CT molecular complexity index is 861. The molecule has 7 nitrogen and oxygen atoms in total. The quantitative estimate of drug-likeness (QED) is 0.766. The monoisotopic (exact) mass is 399 g/mol. The van der Waals surface area contributed by atoms with E-state index in [2.05, 4.69) is 16.5 Å². The molecule has 3 heterocycles. The summed E-state index contributed by atoms with van der Waals surface area (Å²) in [5.41, 5.74) is 1.59. The van der Waals surface area contributed by atoms with Crippen molar-refractivity contribution in [1.29, 1.82) is 0 Å². The highest BCUT2D eigenvalue weighted by molar-refractivity contribution is 5.85. The van der Waals surface area contributed by atoms with E-state index in [4.69, 9.17) is 14.0 Å². The molecule has 0 radical (unpaired) electrons. The number of amides is 1. The van der Waals surface area contributed by atoms with Crippen molar-refractivity contribution >= 4 is 5.91 Å². The maximum atomic E-state index is 13.5. The minimum absolute atomic E-state index is 0.00580. The zero-order valence-electron chi connectivity index (χ0n) is 17.3. The summed E-state index contributed by atoms with van der Waals surface area (Å²) in [4.78, 5) is 15.5. The smallest absolute Gasteiger partial charge is 0.231 e. The van der Waals surface area contributed by atoms with Crippen LogP contribution in [-0.4, -0.2) is 62.5 Å². The molecule has 0 spiro atoms. The molecule has 2 fully saturated rings. The lowest BCUT2D eigenvalue weighted by atomic mass is 9.75. The van der Waals surface area contributed by atoms with Crippen LogP contribution in [0.1, 0.15) is 17.0 Å². The summed E-state index contributed by atoms with van der Waals surface area (Å²) in [6, 6.07) is 9.94. The predicted octanol–water partition coefficient (Wildman–Crippen LogP) is 1.84. The zero-order valence-corrected chi connectivity index (χ0v) is 17.3. The topological polar surface area (TPSA) is 76.8 Å². The third kappa shape index (κ3) is 4.02. The molecule has 2 aliphatic heterocycles. The number of nitrogens with zero attached hydrogens (tertiary/aromatic N) is 2. The molecule has 156 valence electrons. The number of aromatic nitrogens is 1.